The normalized spacial score (nSPS) is 19.3. The van der Waals surface area contributed by atoms with E-state index in [-0.39, 0.29) is 0 Å². The summed E-state index contributed by atoms with van der Waals surface area (Å²) in [6.07, 6.45) is 3.55. The zero-order valence-corrected chi connectivity index (χ0v) is 10.7. The molecule has 1 aliphatic rings. The molecule has 3 heteroatoms. The summed E-state index contributed by atoms with van der Waals surface area (Å²) in [5, 5.41) is 3.51. The molecule has 1 aromatic rings. The number of para-hydroxylation sites is 1. The summed E-state index contributed by atoms with van der Waals surface area (Å²) < 4.78 is 11.1. The van der Waals surface area contributed by atoms with Crippen LogP contribution in [0.4, 0.5) is 0 Å². The second-order valence-electron chi connectivity index (χ2n) is 4.38. The van der Waals surface area contributed by atoms with Crippen LogP contribution in [0.2, 0.25) is 0 Å². The lowest BCUT2D eigenvalue weighted by Crippen LogP contribution is -2.23. The van der Waals surface area contributed by atoms with Crippen molar-refractivity contribution < 1.29 is 9.47 Å². The predicted octanol–water partition coefficient (Wildman–Crippen LogP) is 2.39. The van der Waals surface area contributed by atoms with Gasteiger partial charge in [0.1, 0.15) is 0 Å². The van der Waals surface area contributed by atoms with Gasteiger partial charge in [-0.05, 0) is 44.4 Å². The standard InChI is InChI=1S/C14H21NO2/c1-3-17-13-8-4-6-11(14(13)16-2)10-12-7-5-9-15-12/h4,6,8,12,15H,3,5,7,9-10H2,1-2H3. The number of hydrogen-bond donors (Lipinski definition) is 1. The summed E-state index contributed by atoms with van der Waals surface area (Å²) >= 11 is 0. The predicted molar refractivity (Wildman–Crippen MR) is 68.9 cm³/mol. The number of methoxy groups -OCH3 is 1. The van der Waals surface area contributed by atoms with E-state index >= 15 is 0 Å². The molecule has 1 heterocycles. The van der Waals surface area contributed by atoms with Crippen molar-refractivity contribution in [2.75, 3.05) is 20.3 Å². The van der Waals surface area contributed by atoms with Crippen molar-refractivity contribution in [2.45, 2.75) is 32.2 Å². The highest BCUT2D eigenvalue weighted by Crippen LogP contribution is 2.32. The summed E-state index contributed by atoms with van der Waals surface area (Å²) in [6, 6.07) is 6.72. The van der Waals surface area contributed by atoms with Crippen LogP contribution in [-0.2, 0) is 6.42 Å². The third kappa shape index (κ3) is 2.91. The number of ether oxygens (including phenoxy) is 2. The molecule has 0 saturated carbocycles. The fourth-order valence-electron chi connectivity index (χ4n) is 2.42. The van der Waals surface area contributed by atoms with Crippen molar-refractivity contribution in [1.82, 2.24) is 5.32 Å². The minimum absolute atomic E-state index is 0.584. The van der Waals surface area contributed by atoms with Gasteiger partial charge in [-0.2, -0.15) is 0 Å². The number of rotatable bonds is 5. The van der Waals surface area contributed by atoms with Gasteiger partial charge in [-0.15, -0.1) is 0 Å². The Morgan fingerprint density at radius 1 is 1.41 bits per heavy atom. The molecule has 1 atom stereocenters. The smallest absolute Gasteiger partial charge is 0.163 e. The van der Waals surface area contributed by atoms with E-state index in [2.05, 4.69) is 11.4 Å². The summed E-state index contributed by atoms with van der Waals surface area (Å²) in [5.74, 6) is 1.74. The Bertz CT molecular complexity index is 359. The van der Waals surface area contributed by atoms with Crippen LogP contribution in [0.15, 0.2) is 18.2 Å². The van der Waals surface area contributed by atoms with Gasteiger partial charge >= 0.3 is 0 Å². The molecule has 1 unspecified atom stereocenters. The molecule has 0 aliphatic carbocycles. The Morgan fingerprint density at radius 3 is 2.94 bits per heavy atom. The van der Waals surface area contributed by atoms with Gasteiger partial charge in [-0.3, -0.25) is 0 Å². The van der Waals surface area contributed by atoms with E-state index in [9.17, 15) is 0 Å². The Morgan fingerprint density at radius 2 is 2.29 bits per heavy atom. The summed E-state index contributed by atoms with van der Waals surface area (Å²) in [6.45, 7) is 3.80. The highest BCUT2D eigenvalue weighted by molar-refractivity contribution is 5.47. The average molecular weight is 235 g/mol. The van der Waals surface area contributed by atoms with E-state index in [1.165, 1.54) is 18.4 Å². The minimum Gasteiger partial charge on any atom is -0.493 e. The zero-order chi connectivity index (χ0) is 12.1. The zero-order valence-electron chi connectivity index (χ0n) is 10.7. The van der Waals surface area contributed by atoms with E-state index in [0.29, 0.717) is 12.6 Å². The Labute approximate surface area is 103 Å². The molecular weight excluding hydrogens is 214 g/mol. The fourth-order valence-corrected chi connectivity index (χ4v) is 2.42. The number of benzene rings is 1. The second-order valence-corrected chi connectivity index (χ2v) is 4.38. The highest BCUT2D eigenvalue weighted by atomic mass is 16.5. The molecule has 3 nitrogen and oxygen atoms in total. The maximum atomic E-state index is 5.59. The molecule has 1 aromatic carbocycles. The monoisotopic (exact) mass is 235 g/mol. The van der Waals surface area contributed by atoms with Crippen molar-refractivity contribution in [3.05, 3.63) is 23.8 Å². The SMILES string of the molecule is CCOc1cccc(CC2CCCN2)c1OC. The largest absolute Gasteiger partial charge is 0.493 e. The molecule has 94 valence electrons. The van der Waals surface area contributed by atoms with Gasteiger partial charge < -0.3 is 14.8 Å². The first kappa shape index (κ1) is 12.2. The van der Waals surface area contributed by atoms with Crippen LogP contribution in [0.25, 0.3) is 0 Å². The first-order valence-corrected chi connectivity index (χ1v) is 6.37. The van der Waals surface area contributed by atoms with Crippen molar-refractivity contribution in [3.8, 4) is 11.5 Å². The third-order valence-electron chi connectivity index (χ3n) is 3.19. The molecule has 0 bridgehead atoms. The van der Waals surface area contributed by atoms with Gasteiger partial charge in [0.15, 0.2) is 11.5 Å². The van der Waals surface area contributed by atoms with Crippen molar-refractivity contribution in [3.63, 3.8) is 0 Å². The minimum atomic E-state index is 0.584. The number of hydrogen-bond acceptors (Lipinski definition) is 3. The van der Waals surface area contributed by atoms with Crippen molar-refractivity contribution in [1.29, 1.82) is 0 Å². The summed E-state index contributed by atoms with van der Waals surface area (Å²) in [7, 11) is 1.71. The molecule has 17 heavy (non-hydrogen) atoms. The maximum Gasteiger partial charge on any atom is 0.163 e. The van der Waals surface area contributed by atoms with E-state index in [1.54, 1.807) is 7.11 Å². The van der Waals surface area contributed by atoms with Crippen molar-refractivity contribution in [2.24, 2.45) is 0 Å². The third-order valence-corrected chi connectivity index (χ3v) is 3.19. The number of nitrogens with one attached hydrogen (secondary N) is 1. The van der Waals surface area contributed by atoms with Crippen LogP contribution in [-0.4, -0.2) is 26.3 Å². The Balaban J connectivity index is 2.16. The molecule has 0 amide bonds. The molecule has 2 rings (SSSR count). The maximum absolute atomic E-state index is 5.59. The van der Waals surface area contributed by atoms with Crippen LogP contribution < -0.4 is 14.8 Å². The lowest BCUT2D eigenvalue weighted by atomic mass is 10.0. The van der Waals surface area contributed by atoms with Gasteiger partial charge in [0.05, 0.1) is 13.7 Å². The van der Waals surface area contributed by atoms with Gasteiger partial charge in [0.2, 0.25) is 0 Å². The van der Waals surface area contributed by atoms with Crippen LogP contribution in [0.5, 0.6) is 11.5 Å². The van der Waals surface area contributed by atoms with Gasteiger partial charge in [0, 0.05) is 6.04 Å². The van der Waals surface area contributed by atoms with E-state index in [0.717, 1.165) is 24.5 Å². The van der Waals surface area contributed by atoms with Crippen LogP contribution in [0.3, 0.4) is 0 Å². The van der Waals surface area contributed by atoms with Gasteiger partial charge in [-0.1, -0.05) is 12.1 Å². The van der Waals surface area contributed by atoms with E-state index < -0.39 is 0 Å². The van der Waals surface area contributed by atoms with Gasteiger partial charge in [-0.25, -0.2) is 0 Å². The molecule has 1 saturated heterocycles. The quantitative estimate of drug-likeness (QED) is 0.850. The molecule has 0 radical (unpaired) electrons. The fraction of sp³-hybridized carbons (Fsp3) is 0.571. The lowest BCUT2D eigenvalue weighted by Gasteiger charge is -2.16. The lowest BCUT2D eigenvalue weighted by molar-refractivity contribution is 0.308. The Hall–Kier alpha value is -1.22. The molecule has 0 spiro atoms. The van der Waals surface area contributed by atoms with Gasteiger partial charge in [0.25, 0.3) is 0 Å². The van der Waals surface area contributed by atoms with E-state index in [1.807, 2.05) is 19.1 Å². The topological polar surface area (TPSA) is 30.5 Å². The first-order valence-electron chi connectivity index (χ1n) is 6.37. The first-order chi connectivity index (χ1) is 8.35. The average Bonchev–Trinajstić information content (AvgIpc) is 2.83. The highest BCUT2D eigenvalue weighted by Gasteiger charge is 2.18. The Kier molecular flexibility index (Phi) is 4.26. The van der Waals surface area contributed by atoms with Crippen molar-refractivity contribution >= 4 is 0 Å². The second kappa shape index (κ2) is 5.92. The summed E-state index contributed by atoms with van der Waals surface area (Å²) in [5.41, 5.74) is 1.23. The molecular formula is C14H21NO2. The molecule has 1 fully saturated rings. The summed E-state index contributed by atoms with van der Waals surface area (Å²) in [4.78, 5) is 0. The molecule has 0 aromatic heterocycles. The molecule has 1 aliphatic heterocycles. The van der Waals surface area contributed by atoms with Crippen LogP contribution in [0, 0.1) is 0 Å². The van der Waals surface area contributed by atoms with Crippen LogP contribution in [0.1, 0.15) is 25.3 Å². The van der Waals surface area contributed by atoms with E-state index in [4.69, 9.17) is 9.47 Å². The van der Waals surface area contributed by atoms with Crippen LogP contribution >= 0.6 is 0 Å². The molecule has 1 N–H and O–H groups in total.